The Balaban J connectivity index is 1.93. The van der Waals surface area contributed by atoms with Gasteiger partial charge in [-0.05, 0) is 17.7 Å². The van der Waals surface area contributed by atoms with Crippen molar-refractivity contribution in [2.75, 3.05) is 0 Å². The third-order valence-corrected chi connectivity index (χ3v) is 3.35. The SMILES string of the molecule is Oc1ccccc1CNCc1ccccc1Br. The predicted molar refractivity (Wildman–Crippen MR) is 72.8 cm³/mol. The van der Waals surface area contributed by atoms with Crippen LogP contribution in [0.1, 0.15) is 11.1 Å². The van der Waals surface area contributed by atoms with Crippen molar-refractivity contribution in [1.82, 2.24) is 5.32 Å². The van der Waals surface area contributed by atoms with Crippen molar-refractivity contribution in [1.29, 1.82) is 0 Å². The van der Waals surface area contributed by atoms with Gasteiger partial charge < -0.3 is 10.4 Å². The fraction of sp³-hybridized carbons (Fsp3) is 0.143. The van der Waals surface area contributed by atoms with E-state index in [9.17, 15) is 5.11 Å². The van der Waals surface area contributed by atoms with E-state index < -0.39 is 0 Å². The molecule has 0 saturated heterocycles. The Labute approximate surface area is 109 Å². The number of phenols is 1. The second kappa shape index (κ2) is 5.84. The van der Waals surface area contributed by atoms with Crippen molar-refractivity contribution in [3.05, 3.63) is 64.1 Å². The van der Waals surface area contributed by atoms with Crippen LogP contribution in [-0.2, 0) is 13.1 Å². The first-order valence-electron chi connectivity index (χ1n) is 5.48. The van der Waals surface area contributed by atoms with Gasteiger partial charge in [-0.3, -0.25) is 0 Å². The minimum absolute atomic E-state index is 0.340. The molecule has 0 heterocycles. The number of hydrogen-bond donors (Lipinski definition) is 2. The molecule has 0 spiro atoms. The number of halogens is 1. The average Bonchev–Trinajstić information content (AvgIpc) is 2.34. The van der Waals surface area contributed by atoms with E-state index in [2.05, 4.69) is 27.3 Å². The summed E-state index contributed by atoms with van der Waals surface area (Å²) in [5.41, 5.74) is 2.13. The van der Waals surface area contributed by atoms with Crippen LogP contribution in [0.4, 0.5) is 0 Å². The predicted octanol–water partition coefficient (Wildman–Crippen LogP) is 3.44. The first-order chi connectivity index (χ1) is 8.27. The molecule has 0 amide bonds. The van der Waals surface area contributed by atoms with E-state index in [0.29, 0.717) is 12.3 Å². The molecule has 2 aromatic rings. The van der Waals surface area contributed by atoms with Crippen LogP contribution < -0.4 is 5.32 Å². The summed E-state index contributed by atoms with van der Waals surface area (Å²) < 4.78 is 1.10. The second-order valence-electron chi connectivity index (χ2n) is 3.82. The molecule has 0 atom stereocenters. The summed E-state index contributed by atoms with van der Waals surface area (Å²) >= 11 is 3.51. The highest BCUT2D eigenvalue weighted by atomic mass is 79.9. The summed E-state index contributed by atoms with van der Waals surface area (Å²) in [6.07, 6.45) is 0. The molecule has 0 fully saturated rings. The molecule has 0 saturated carbocycles. The number of para-hydroxylation sites is 1. The van der Waals surface area contributed by atoms with E-state index in [-0.39, 0.29) is 0 Å². The van der Waals surface area contributed by atoms with E-state index in [1.54, 1.807) is 6.07 Å². The molecule has 2 aromatic carbocycles. The monoisotopic (exact) mass is 291 g/mol. The number of hydrogen-bond acceptors (Lipinski definition) is 2. The molecular formula is C14H14BrNO. The minimum atomic E-state index is 0.340. The third-order valence-electron chi connectivity index (χ3n) is 2.58. The van der Waals surface area contributed by atoms with E-state index in [1.165, 1.54) is 5.56 Å². The van der Waals surface area contributed by atoms with Crippen LogP contribution in [0.3, 0.4) is 0 Å². The summed E-state index contributed by atoms with van der Waals surface area (Å²) in [5, 5.41) is 12.9. The number of rotatable bonds is 4. The smallest absolute Gasteiger partial charge is 0.120 e. The van der Waals surface area contributed by atoms with Gasteiger partial charge in [0, 0.05) is 23.1 Å². The van der Waals surface area contributed by atoms with Gasteiger partial charge in [-0.2, -0.15) is 0 Å². The normalized spacial score (nSPS) is 10.4. The van der Waals surface area contributed by atoms with Gasteiger partial charge in [-0.1, -0.05) is 52.3 Å². The molecular weight excluding hydrogens is 278 g/mol. The molecule has 3 heteroatoms. The zero-order valence-electron chi connectivity index (χ0n) is 9.36. The Morgan fingerprint density at radius 1 is 0.882 bits per heavy atom. The van der Waals surface area contributed by atoms with Gasteiger partial charge in [0.05, 0.1) is 0 Å². The lowest BCUT2D eigenvalue weighted by atomic mass is 10.2. The summed E-state index contributed by atoms with van der Waals surface area (Å²) in [7, 11) is 0. The van der Waals surface area contributed by atoms with Crippen LogP contribution in [0, 0.1) is 0 Å². The molecule has 0 aliphatic carbocycles. The molecule has 2 rings (SSSR count). The molecule has 0 bridgehead atoms. The summed E-state index contributed by atoms with van der Waals surface area (Å²) in [4.78, 5) is 0. The van der Waals surface area contributed by atoms with Crippen LogP contribution in [0.2, 0.25) is 0 Å². The lowest BCUT2D eigenvalue weighted by molar-refractivity contribution is 0.464. The van der Waals surface area contributed by atoms with Gasteiger partial charge in [0.15, 0.2) is 0 Å². The van der Waals surface area contributed by atoms with Crippen LogP contribution in [0.25, 0.3) is 0 Å². The Morgan fingerprint density at radius 3 is 2.18 bits per heavy atom. The fourth-order valence-corrected chi connectivity index (χ4v) is 2.06. The highest BCUT2D eigenvalue weighted by Gasteiger charge is 2.00. The number of benzene rings is 2. The zero-order valence-corrected chi connectivity index (χ0v) is 10.9. The zero-order chi connectivity index (χ0) is 12.1. The molecule has 0 aliphatic rings. The minimum Gasteiger partial charge on any atom is -0.508 e. The maximum Gasteiger partial charge on any atom is 0.120 e. The van der Waals surface area contributed by atoms with E-state index >= 15 is 0 Å². The fourth-order valence-electron chi connectivity index (χ4n) is 1.63. The molecule has 0 aliphatic heterocycles. The van der Waals surface area contributed by atoms with Gasteiger partial charge in [0.1, 0.15) is 5.75 Å². The van der Waals surface area contributed by atoms with Crippen molar-refractivity contribution in [3.8, 4) is 5.75 Å². The van der Waals surface area contributed by atoms with Crippen molar-refractivity contribution in [2.24, 2.45) is 0 Å². The van der Waals surface area contributed by atoms with Gasteiger partial charge >= 0.3 is 0 Å². The first-order valence-corrected chi connectivity index (χ1v) is 6.27. The highest BCUT2D eigenvalue weighted by molar-refractivity contribution is 9.10. The maximum absolute atomic E-state index is 9.61. The maximum atomic E-state index is 9.61. The Bertz CT molecular complexity index is 454. The third kappa shape index (κ3) is 3.32. The Hall–Kier alpha value is -1.32. The van der Waals surface area contributed by atoms with Gasteiger partial charge in [0.2, 0.25) is 0 Å². The Morgan fingerprint density at radius 2 is 1.47 bits per heavy atom. The number of aromatic hydroxyl groups is 1. The number of phenolic OH excluding ortho intramolecular Hbond substituents is 1. The van der Waals surface area contributed by atoms with Crippen molar-refractivity contribution < 1.29 is 5.11 Å². The lowest BCUT2D eigenvalue weighted by Crippen LogP contribution is -2.13. The van der Waals surface area contributed by atoms with Gasteiger partial charge in [-0.25, -0.2) is 0 Å². The molecule has 88 valence electrons. The van der Waals surface area contributed by atoms with Crippen LogP contribution >= 0.6 is 15.9 Å². The summed E-state index contributed by atoms with van der Waals surface area (Å²) in [5.74, 6) is 0.340. The average molecular weight is 292 g/mol. The number of nitrogens with one attached hydrogen (secondary N) is 1. The highest BCUT2D eigenvalue weighted by Crippen LogP contribution is 2.17. The van der Waals surface area contributed by atoms with E-state index in [4.69, 9.17) is 0 Å². The molecule has 0 unspecified atom stereocenters. The molecule has 17 heavy (non-hydrogen) atoms. The van der Waals surface area contributed by atoms with Crippen molar-refractivity contribution >= 4 is 15.9 Å². The Kier molecular flexibility index (Phi) is 4.18. The van der Waals surface area contributed by atoms with Gasteiger partial charge in [-0.15, -0.1) is 0 Å². The summed E-state index contributed by atoms with van der Waals surface area (Å²) in [6, 6.07) is 15.5. The summed E-state index contributed by atoms with van der Waals surface area (Å²) in [6.45, 7) is 1.43. The van der Waals surface area contributed by atoms with Crippen LogP contribution in [-0.4, -0.2) is 5.11 Å². The topological polar surface area (TPSA) is 32.3 Å². The van der Waals surface area contributed by atoms with Crippen molar-refractivity contribution in [2.45, 2.75) is 13.1 Å². The molecule has 0 aromatic heterocycles. The quantitative estimate of drug-likeness (QED) is 0.904. The van der Waals surface area contributed by atoms with Gasteiger partial charge in [0.25, 0.3) is 0 Å². The standard InChI is InChI=1S/C14H14BrNO/c15-13-7-3-1-5-11(13)9-16-10-12-6-2-4-8-14(12)17/h1-8,16-17H,9-10H2. The van der Waals surface area contributed by atoms with E-state index in [1.807, 2.05) is 36.4 Å². The van der Waals surface area contributed by atoms with Crippen LogP contribution in [0.15, 0.2) is 53.0 Å². The molecule has 2 N–H and O–H groups in total. The first kappa shape index (κ1) is 12.1. The molecule has 2 nitrogen and oxygen atoms in total. The lowest BCUT2D eigenvalue weighted by Gasteiger charge is -2.08. The van der Waals surface area contributed by atoms with E-state index in [0.717, 1.165) is 16.6 Å². The van der Waals surface area contributed by atoms with Crippen LogP contribution in [0.5, 0.6) is 5.75 Å². The van der Waals surface area contributed by atoms with Crippen molar-refractivity contribution in [3.63, 3.8) is 0 Å². The second-order valence-corrected chi connectivity index (χ2v) is 4.68. The largest absolute Gasteiger partial charge is 0.508 e. The molecule has 0 radical (unpaired) electrons.